The molecular weight excluding hydrogens is 556 g/mol. The highest BCUT2D eigenvalue weighted by Gasteiger charge is 2.77. The van der Waals surface area contributed by atoms with Gasteiger partial charge in [0.25, 0.3) is 0 Å². The summed E-state index contributed by atoms with van der Waals surface area (Å²) < 4.78 is 30.5. The maximum absolute atomic E-state index is 13.5. The molecule has 0 aromatic rings. The summed E-state index contributed by atoms with van der Waals surface area (Å²) in [6.45, 7) is 13.4. The zero-order valence-corrected chi connectivity index (χ0v) is 26.0. The van der Waals surface area contributed by atoms with Gasteiger partial charge in [-0.1, -0.05) is 32.4 Å². The van der Waals surface area contributed by atoms with Crippen molar-refractivity contribution < 1.29 is 48.3 Å². The third-order valence-corrected chi connectivity index (χ3v) is 12.0. The molecule has 0 unspecified atom stereocenters. The summed E-state index contributed by atoms with van der Waals surface area (Å²) in [4.78, 5) is 38.4. The number of rotatable bonds is 4. The predicted octanol–water partition coefficient (Wildman–Crippen LogP) is 3.15. The van der Waals surface area contributed by atoms with Crippen LogP contribution in [0.25, 0.3) is 0 Å². The van der Waals surface area contributed by atoms with E-state index in [0.717, 1.165) is 11.1 Å². The second-order valence-electron chi connectivity index (χ2n) is 14.1. The van der Waals surface area contributed by atoms with Crippen LogP contribution in [-0.2, 0) is 38.1 Å². The summed E-state index contributed by atoms with van der Waals surface area (Å²) in [5.74, 6) is -2.34. The average molecular weight is 601 g/mol. The summed E-state index contributed by atoms with van der Waals surface area (Å²) >= 11 is 0. The van der Waals surface area contributed by atoms with Crippen molar-refractivity contribution in [2.45, 2.75) is 105 Å². The molecule has 0 bridgehead atoms. The first-order valence-electron chi connectivity index (χ1n) is 15.4. The maximum Gasteiger partial charge on any atom is 0.334 e. The van der Waals surface area contributed by atoms with Gasteiger partial charge in [-0.25, -0.2) is 9.59 Å². The number of cyclic esters (lactones) is 1. The van der Waals surface area contributed by atoms with Crippen LogP contribution in [-0.4, -0.2) is 78.1 Å². The van der Waals surface area contributed by atoms with Crippen LogP contribution in [0.3, 0.4) is 0 Å². The minimum absolute atomic E-state index is 0.195. The Bertz CT molecular complexity index is 1330. The number of aliphatic hydroxyl groups excluding tert-OH is 2. The summed E-state index contributed by atoms with van der Waals surface area (Å²) in [7, 11) is 0. The fourth-order valence-corrected chi connectivity index (χ4v) is 10.1. The van der Waals surface area contributed by atoms with Crippen LogP contribution in [0.1, 0.15) is 67.7 Å². The van der Waals surface area contributed by atoms with Crippen LogP contribution in [0.2, 0.25) is 0 Å². The molecule has 0 amide bonds. The third kappa shape index (κ3) is 4.16. The van der Waals surface area contributed by atoms with Crippen molar-refractivity contribution in [1.29, 1.82) is 0 Å². The van der Waals surface area contributed by atoms with E-state index < -0.39 is 70.9 Å². The molecule has 10 nitrogen and oxygen atoms in total. The van der Waals surface area contributed by atoms with E-state index in [4.69, 9.17) is 23.7 Å². The van der Waals surface area contributed by atoms with Crippen molar-refractivity contribution in [3.63, 3.8) is 0 Å². The van der Waals surface area contributed by atoms with Crippen LogP contribution in [0, 0.1) is 34.0 Å². The van der Waals surface area contributed by atoms with Crippen LogP contribution in [0.4, 0.5) is 0 Å². The number of hydrogen-bond acceptors (Lipinski definition) is 10. The standard InChI is InChI=1S/C33H44O10/c1-8-15(2)29(37)43-28-26-27-31(5,14-40-26)23(41-17(4)34)13-22(35)32(27,6)21-12-24(36)42-20-11-19(18-9-10-39-30(18)38)16(3)25(20)33(21,28)7/h8-9,19-24,26-28,35-36H,10-14H2,1-7H3/b15-8+/t19-,20+,21-,22+,23-,24-,26-,27+,28-,31-,32+,33-/m1/s1. The van der Waals surface area contributed by atoms with Crippen molar-refractivity contribution >= 4 is 17.9 Å². The molecule has 4 fully saturated rings. The number of fused-ring (bicyclic) bond motifs is 4. The van der Waals surface area contributed by atoms with Gasteiger partial charge in [-0.05, 0) is 44.8 Å². The monoisotopic (exact) mass is 600 g/mol. The zero-order valence-electron chi connectivity index (χ0n) is 26.0. The fourth-order valence-electron chi connectivity index (χ4n) is 10.1. The van der Waals surface area contributed by atoms with E-state index >= 15 is 0 Å². The molecule has 2 saturated heterocycles. The number of hydrogen-bond donors (Lipinski definition) is 2. The molecule has 3 aliphatic carbocycles. The van der Waals surface area contributed by atoms with Crippen LogP contribution >= 0.6 is 0 Å². The van der Waals surface area contributed by atoms with Crippen molar-refractivity contribution in [3.8, 4) is 0 Å². The molecule has 2 saturated carbocycles. The van der Waals surface area contributed by atoms with Gasteiger partial charge >= 0.3 is 17.9 Å². The Kier molecular flexibility index (Phi) is 7.27. The average Bonchev–Trinajstić information content (AvgIpc) is 3.60. The highest BCUT2D eigenvalue weighted by Crippen LogP contribution is 2.72. The smallest absolute Gasteiger partial charge is 0.334 e. The van der Waals surface area contributed by atoms with Crippen molar-refractivity contribution in [3.05, 3.63) is 34.4 Å². The Hall–Kier alpha value is -2.53. The molecule has 0 spiro atoms. The molecule has 6 rings (SSSR count). The lowest BCUT2D eigenvalue weighted by Gasteiger charge is -2.66. The summed E-state index contributed by atoms with van der Waals surface area (Å²) in [5.41, 5.74) is 0.365. The quantitative estimate of drug-likeness (QED) is 0.214. The molecule has 12 atom stereocenters. The van der Waals surface area contributed by atoms with Gasteiger partial charge in [0.15, 0.2) is 6.29 Å². The van der Waals surface area contributed by atoms with E-state index in [2.05, 4.69) is 0 Å². The molecule has 10 heteroatoms. The Morgan fingerprint density at radius 1 is 1.09 bits per heavy atom. The Labute approximate surface area is 252 Å². The SMILES string of the molecule is C/C=C(\C)C(=O)O[C@@H]1[C@@H]2OC[C@]3(C)[C@H](OC(C)=O)C[C@H](O)[C@@](C)([C@@H]23)[C@H]2C[C@H](O)O[C@H]3C[C@@H](C4=CCOC4=O)C(C)=C3[C@]12C. The first-order valence-corrected chi connectivity index (χ1v) is 15.4. The molecule has 3 aliphatic heterocycles. The Balaban J connectivity index is 1.57. The second kappa shape index (κ2) is 10.3. The minimum atomic E-state index is -1.16. The van der Waals surface area contributed by atoms with Gasteiger partial charge in [0, 0.05) is 59.0 Å². The predicted molar refractivity (Wildman–Crippen MR) is 152 cm³/mol. The summed E-state index contributed by atoms with van der Waals surface area (Å²) in [6, 6.07) is 0. The largest absolute Gasteiger partial charge is 0.462 e. The van der Waals surface area contributed by atoms with E-state index in [-0.39, 0.29) is 43.9 Å². The normalized spacial score (nSPS) is 47.2. The van der Waals surface area contributed by atoms with Gasteiger partial charge in [-0.3, -0.25) is 4.79 Å². The van der Waals surface area contributed by atoms with Gasteiger partial charge in [-0.2, -0.15) is 0 Å². The molecular formula is C33H44O10. The van der Waals surface area contributed by atoms with Gasteiger partial charge in [0.2, 0.25) is 0 Å². The highest BCUT2D eigenvalue weighted by atomic mass is 16.6. The van der Waals surface area contributed by atoms with Gasteiger partial charge in [0.1, 0.15) is 18.8 Å². The topological polar surface area (TPSA) is 138 Å². The minimum Gasteiger partial charge on any atom is -0.462 e. The molecule has 0 aromatic carbocycles. The lowest BCUT2D eigenvalue weighted by Crippen LogP contribution is -2.72. The van der Waals surface area contributed by atoms with Gasteiger partial charge < -0.3 is 33.9 Å². The Morgan fingerprint density at radius 3 is 2.44 bits per heavy atom. The molecule has 6 aliphatic rings. The molecule has 0 aromatic heterocycles. The first kappa shape index (κ1) is 30.5. The summed E-state index contributed by atoms with van der Waals surface area (Å²) in [5, 5.41) is 23.4. The number of allylic oxidation sites excluding steroid dienone is 2. The van der Waals surface area contributed by atoms with E-state index in [1.165, 1.54) is 6.92 Å². The molecule has 0 radical (unpaired) electrons. The van der Waals surface area contributed by atoms with Gasteiger partial charge in [-0.15, -0.1) is 0 Å². The van der Waals surface area contributed by atoms with Crippen LogP contribution in [0.15, 0.2) is 34.4 Å². The molecule has 2 N–H and O–H groups in total. The van der Waals surface area contributed by atoms with Gasteiger partial charge in [0.05, 0.1) is 24.9 Å². The number of ether oxygens (including phenoxy) is 5. The van der Waals surface area contributed by atoms with Crippen LogP contribution < -0.4 is 0 Å². The molecule has 3 heterocycles. The summed E-state index contributed by atoms with van der Waals surface area (Å²) in [6.07, 6.45) is -0.304. The lowest BCUT2D eigenvalue weighted by molar-refractivity contribution is -0.258. The number of esters is 3. The van der Waals surface area contributed by atoms with Crippen molar-refractivity contribution in [2.75, 3.05) is 13.2 Å². The molecule has 43 heavy (non-hydrogen) atoms. The first-order chi connectivity index (χ1) is 20.2. The number of carbonyl (C=O) groups is 3. The maximum atomic E-state index is 13.5. The second-order valence-corrected chi connectivity index (χ2v) is 14.1. The van der Waals surface area contributed by atoms with E-state index in [9.17, 15) is 24.6 Å². The molecule has 236 valence electrons. The lowest BCUT2D eigenvalue weighted by atomic mass is 9.39. The van der Waals surface area contributed by atoms with Crippen LogP contribution in [0.5, 0.6) is 0 Å². The van der Waals surface area contributed by atoms with E-state index in [0.29, 0.717) is 17.6 Å². The Morgan fingerprint density at radius 2 is 1.81 bits per heavy atom. The zero-order chi connectivity index (χ0) is 31.2. The van der Waals surface area contributed by atoms with E-state index in [1.807, 2.05) is 27.7 Å². The van der Waals surface area contributed by atoms with E-state index in [1.54, 1.807) is 26.0 Å². The fraction of sp³-hybridized carbons (Fsp3) is 0.727. The highest BCUT2D eigenvalue weighted by molar-refractivity contribution is 5.92. The number of aliphatic hydroxyl groups is 2. The third-order valence-electron chi connectivity index (χ3n) is 12.0. The van der Waals surface area contributed by atoms with Crippen molar-refractivity contribution in [1.82, 2.24) is 0 Å². The van der Waals surface area contributed by atoms with Crippen molar-refractivity contribution in [2.24, 2.45) is 34.0 Å². The number of carbonyl (C=O) groups excluding carboxylic acids is 3.